The minimum atomic E-state index is 0.0562. The maximum atomic E-state index is 12.1. The standard InChI is InChI=1S/C21H38O2/c1-3-8-17(4-2)11-16-21(22)23-20-14-12-19(13-15-20)18-9-6-5-7-10-18/h17-20H,3-16H2,1-2H3/t17?,19-,20-. The number of ether oxygens (including phenoxy) is 1. The average molecular weight is 323 g/mol. The molecule has 1 unspecified atom stereocenters. The first-order valence-corrected chi connectivity index (χ1v) is 10.4. The maximum Gasteiger partial charge on any atom is 0.306 e. The first-order chi connectivity index (χ1) is 11.2. The van der Waals surface area contributed by atoms with Crippen molar-refractivity contribution in [1.82, 2.24) is 0 Å². The predicted molar refractivity (Wildman–Crippen MR) is 96.3 cm³/mol. The van der Waals surface area contributed by atoms with Gasteiger partial charge in [0.25, 0.3) is 0 Å². The number of hydrogen-bond acceptors (Lipinski definition) is 2. The van der Waals surface area contributed by atoms with Crippen LogP contribution in [-0.4, -0.2) is 12.1 Å². The molecule has 2 saturated carbocycles. The molecule has 0 radical (unpaired) electrons. The summed E-state index contributed by atoms with van der Waals surface area (Å²) in [4.78, 5) is 12.1. The molecule has 2 heteroatoms. The molecule has 23 heavy (non-hydrogen) atoms. The smallest absolute Gasteiger partial charge is 0.306 e. The van der Waals surface area contributed by atoms with Crippen LogP contribution in [0.1, 0.15) is 104 Å². The highest BCUT2D eigenvalue weighted by Gasteiger charge is 2.29. The van der Waals surface area contributed by atoms with Crippen molar-refractivity contribution in [2.75, 3.05) is 0 Å². The molecule has 0 N–H and O–H groups in total. The summed E-state index contributed by atoms with van der Waals surface area (Å²) in [5.41, 5.74) is 0. The van der Waals surface area contributed by atoms with E-state index in [1.54, 1.807) is 0 Å². The van der Waals surface area contributed by atoms with Crippen molar-refractivity contribution in [3.63, 3.8) is 0 Å². The zero-order chi connectivity index (χ0) is 16.5. The summed E-state index contributed by atoms with van der Waals surface area (Å²) in [6, 6.07) is 0. The topological polar surface area (TPSA) is 26.3 Å². The van der Waals surface area contributed by atoms with Gasteiger partial charge in [-0.15, -0.1) is 0 Å². The number of carbonyl (C=O) groups excluding carboxylic acids is 1. The molecule has 134 valence electrons. The van der Waals surface area contributed by atoms with Gasteiger partial charge in [-0.05, 0) is 49.9 Å². The molecule has 0 aromatic carbocycles. The largest absolute Gasteiger partial charge is 0.462 e. The van der Waals surface area contributed by atoms with Gasteiger partial charge >= 0.3 is 5.97 Å². The zero-order valence-electron chi connectivity index (χ0n) is 15.5. The van der Waals surface area contributed by atoms with Crippen molar-refractivity contribution in [3.8, 4) is 0 Å². The molecule has 0 bridgehead atoms. The fraction of sp³-hybridized carbons (Fsp3) is 0.952. The normalized spacial score (nSPS) is 27.6. The Kier molecular flexibility index (Phi) is 8.47. The van der Waals surface area contributed by atoms with Gasteiger partial charge in [0.15, 0.2) is 0 Å². The lowest BCUT2D eigenvalue weighted by Crippen LogP contribution is -2.28. The third kappa shape index (κ3) is 6.47. The van der Waals surface area contributed by atoms with E-state index in [4.69, 9.17) is 4.74 Å². The summed E-state index contributed by atoms with van der Waals surface area (Å²) in [7, 11) is 0. The van der Waals surface area contributed by atoms with E-state index in [9.17, 15) is 4.79 Å². The number of carbonyl (C=O) groups is 1. The van der Waals surface area contributed by atoms with Crippen molar-refractivity contribution in [1.29, 1.82) is 0 Å². The fourth-order valence-corrected chi connectivity index (χ4v) is 4.81. The average Bonchev–Trinajstić information content (AvgIpc) is 2.60. The van der Waals surface area contributed by atoms with Gasteiger partial charge in [-0.2, -0.15) is 0 Å². The lowest BCUT2D eigenvalue weighted by atomic mass is 9.73. The van der Waals surface area contributed by atoms with Gasteiger partial charge in [0.05, 0.1) is 0 Å². The predicted octanol–water partition coefficient (Wildman–Crippen LogP) is 6.28. The van der Waals surface area contributed by atoms with Crippen LogP contribution in [0.5, 0.6) is 0 Å². The van der Waals surface area contributed by atoms with Gasteiger partial charge in [-0.3, -0.25) is 4.79 Å². The Hall–Kier alpha value is -0.530. The van der Waals surface area contributed by atoms with Gasteiger partial charge < -0.3 is 4.74 Å². The van der Waals surface area contributed by atoms with Crippen LogP contribution in [-0.2, 0) is 9.53 Å². The van der Waals surface area contributed by atoms with Crippen molar-refractivity contribution in [2.24, 2.45) is 17.8 Å². The number of esters is 1. The van der Waals surface area contributed by atoms with E-state index in [-0.39, 0.29) is 12.1 Å². The summed E-state index contributed by atoms with van der Waals surface area (Å²) in [6.45, 7) is 4.46. The summed E-state index contributed by atoms with van der Waals surface area (Å²) in [5, 5.41) is 0. The zero-order valence-corrected chi connectivity index (χ0v) is 15.5. The van der Waals surface area contributed by atoms with Gasteiger partial charge in [-0.25, -0.2) is 0 Å². The second-order valence-electron chi connectivity index (χ2n) is 8.03. The molecular weight excluding hydrogens is 284 g/mol. The summed E-state index contributed by atoms with van der Waals surface area (Å²) in [6.07, 6.45) is 17.5. The van der Waals surface area contributed by atoms with Gasteiger partial charge in [-0.1, -0.05) is 65.2 Å². The Morgan fingerprint density at radius 1 is 0.913 bits per heavy atom. The highest BCUT2D eigenvalue weighted by atomic mass is 16.5. The molecule has 0 aromatic heterocycles. The molecular formula is C21H38O2. The number of hydrogen-bond donors (Lipinski definition) is 0. The molecule has 0 aromatic rings. The molecule has 0 spiro atoms. The third-order valence-corrected chi connectivity index (χ3v) is 6.36. The van der Waals surface area contributed by atoms with Crippen LogP contribution in [0.4, 0.5) is 0 Å². The fourth-order valence-electron chi connectivity index (χ4n) is 4.81. The maximum absolute atomic E-state index is 12.1. The molecule has 2 aliphatic rings. The Bertz CT molecular complexity index is 325. The van der Waals surface area contributed by atoms with E-state index in [1.165, 1.54) is 64.2 Å². The highest BCUT2D eigenvalue weighted by molar-refractivity contribution is 5.69. The Morgan fingerprint density at radius 3 is 2.17 bits per heavy atom. The molecule has 2 fully saturated rings. The molecule has 2 rings (SSSR count). The van der Waals surface area contributed by atoms with E-state index < -0.39 is 0 Å². The first kappa shape index (κ1) is 18.8. The summed E-state index contributed by atoms with van der Waals surface area (Å²) < 4.78 is 5.76. The lowest BCUT2D eigenvalue weighted by Gasteiger charge is -2.35. The first-order valence-electron chi connectivity index (χ1n) is 10.4. The van der Waals surface area contributed by atoms with Crippen LogP contribution >= 0.6 is 0 Å². The van der Waals surface area contributed by atoms with Crippen molar-refractivity contribution in [3.05, 3.63) is 0 Å². The van der Waals surface area contributed by atoms with Gasteiger partial charge in [0.1, 0.15) is 6.10 Å². The quantitative estimate of drug-likeness (QED) is 0.492. The van der Waals surface area contributed by atoms with Crippen LogP contribution in [0, 0.1) is 17.8 Å². The van der Waals surface area contributed by atoms with Crippen LogP contribution in [0.25, 0.3) is 0 Å². The Labute approximate surface area is 143 Å². The minimum Gasteiger partial charge on any atom is -0.462 e. The lowest BCUT2D eigenvalue weighted by molar-refractivity contribution is -0.151. The monoisotopic (exact) mass is 322 g/mol. The molecule has 0 aliphatic heterocycles. The summed E-state index contributed by atoms with van der Waals surface area (Å²) >= 11 is 0. The van der Waals surface area contributed by atoms with E-state index in [0.29, 0.717) is 12.3 Å². The molecule has 2 nitrogen and oxygen atoms in total. The second-order valence-corrected chi connectivity index (χ2v) is 8.03. The number of rotatable bonds is 8. The molecule has 0 heterocycles. The third-order valence-electron chi connectivity index (χ3n) is 6.36. The molecule has 2 aliphatic carbocycles. The van der Waals surface area contributed by atoms with E-state index in [0.717, 1.165) is 31.1 Å². The van der Waals surface area contributed by atoms with Crippen LogP contribution < -0.4 is 0 Å². The van der Waals surface area contributed by atoms with Crippen LogP contribution in [0.3, 0.4) is 0 Å². The highest BCUT2D eigenvalue weighted by Crippen LogP contribution is 2.38. The second kappa shape index (κ2) is 10.4. The van der Waals surface area contributed by atoms with Crippen LogP contribution in [0.15, 0.2) is 0 Å². The van der Waals surface area contributed by atoms with Crippen LogP contribution in [0.2, 0.25) is 0 Å². The van der Waals surface area contributed by atoms with Crippen molar-refractivity contribution in [2.45, 2.75) is 110 Å². The van der Waals surface area contributed by atoms with Crippen molar-refractivity contribution >= 4 is 5.97 Å². The molecule has 0 saturated heterocycles. The SMILES string of the molecule is CCCC(CC)CCC(=O)O[C@H]1CC[C@H](C2CCCCC2)CC1. The summed E-state index contributed by atoms with van der Waals surface area (Å²) in [5.74, 6) is 2.65. The Morgan fingerprint density at radius 2 is 1.57 bits per heavy atom. The van der Waals surface area contributed by atoms with Crippen molar-refractivity contribution < 1.29 is 9.53 Å². The van der Waals surface area contributed by atoms with Gasteiger partial charge in [0, 0.05) is 6.42 Å². The Balaban J connectivity index is 1.62. The minimum absolute atomic E-state index is 0.0562. The van der Waals surface area contributed by atoms with Gasteiger partial charge in [0.2, 0.25) is 0 Å². The van der Waals surface area contributed by atoms with E-state index in [1.807, 2.05) is 0 Å². The molecule has 0 amide bonds. The van der Waals surface area contributed by atoms with E-state index >= 15 is 0 Å². The van der Waals surface area contributed by atoms with E-state index in [2.05, 4.69) is 13.8 Å². The molecule has 1 atom stereocenters.